The second-order valence-electron chi connectivity index (χ2n) is 9.32. The first-order chi connectivity index (χ1) is 21.0. The molecule has 5 rings (SSSR count). The average molecular weight is 582 g/mol. The smallest absolute Gasteiger partial charge is 0.344 e. The number of hydrogen-bond acceptors (Lipinski definition) is 9. The highest BCUT2D eigenvalue weighted by Gasteiger charge is 2.19. The van der Waals surface area contributed by atoms with Gasteiger partial charge in [-0.2, -0.15) is 9.78 Å². The summed E-state index contributed by atoms with van der Waals surface area (Å²) in [6.07, 6.45) is 3.69. The lowest BCUT2D eigenvalue weighted by Crippen LogP contribution is -2.20. The largest absolute Gasteiger partial charge is 0.496 e. The highest BCUT2D eigenvalue weighted by molar-refractivity contribution is 5.89. The van der Waals surface area contributed by atoms with Crippen molar-refractivity contribution in [2.75, 3.05) is 26.9 Å². The molecule has 0 fully saturated rings. The van der Waals surface area contributed by atoms with E-state index in [1.807, 2.05) is 37.3 Å². The van der Waals surface area contributed by atoms with Crippen LogP contribution in [0.15, 0.2) is 87.6 Å². The third-order valence-corrected chi connectivity index (χ3v) is 6.50. The number of aromatic nitrogens is 2. The maximum absolute atomic E-state index is 13.7. The van der Waals surface area contributed by atoms with E-state index in [0.717, 1.165) is 10.9 Å². The molecule has 2 aromatic heterocycles. The number of para-hydroxylation sites is 1. The van der Waals surface area contributed by atoms with Crippen molar-refractivity contribution in [3.05, 3.63) is 94.8 Å². The van der Waals surface area contributed by atoms with Gasteiger partial charge in [-0.25, -0.2) is 9.78 Å². The number of furan rings is 1. The van der Waals surface area contributed by atoms with E-state index >= 15 is 0 Å². The van der Waals surface area contributed by atoms with Gasteiger partial charge in [0, 0.05) is 5.56 Å². The number of esters is 1. The quantitative estimate of drug-likeness (QED) is 0.104. The van der Waals surface area contributed by atoms with Crippen molar-refractivity contribution in [1.82, 2.24) is 9.66 Å². The summed E-state index contributed by atoms with van der Waals surface area (Å²) >= 11 is 0. The maximum atomic E-state index is 13.7. The Hall–Kier alpha value is -5.38. The van der Waals surface area contributed by atoms with Crippen LogP contribution < -0.4 is 19.8 Å². The summed E-state index contributed by atoms with van der Waals surface area (Å²) in [7, 11) is 1.58. The fourth-order valence-corrected chi connectivity index (χ4v) is 4.66. The van der Waals surface area contributed by atoms with Crippen LogP contribution in [0.25, 0.3) is 33.5 Å². The molecule has 0 atom stereocenters. The molecule has 10 nitrogen and oxygen atoms in total. The predicted molar refractivity (Wildman–Crippen MR) is 164 cm³/mol. The zero-order valence-corrected chi connectivity index (χ0v) is 24.2. The Bertz CT molecular complexity index is 1890. The standard InChI is InChI=1S/C33H31N3O7/c1-5-11-22-16-21(17-28(40-6-2)31(22)42-20-30(37)41-7-3)19-34-36-32(35-25-13-9-8-12-23(25)33(36)38)29-18-24-26(39-4)14-10-15-27(24)43-29/h5,8-10,12-19H,1,6-7,11,20H2,2-4H3. The third kappa shape index (κ3) is 6.13. The molecule has 5 aromatic rings. The molecule has 0 bridgehead atoms. The lowest BCUT2D eigenvalue weighted by atomic mass is 10.1. The Morgan fingerprint density at radius 3 is 2.63 bits per heavy atom. The van der Waals surface area contributed by atoms with Crippen molar-refractivity contribution in [3.63, 3.8) is 0 Å². The molecule has 0 amide bonds. The van der Waals surface area contributed by atoms with Gasteiger partial charge < -0.3 is 23.4 Å². The molecule has 10 heteroatoms. The van der Waals surface area contributed by atoms with E-state index in [2.05, 4.69) is 11.7 Å². The van der Waals surface area contributed by atoms with E-state index in [1.54, 1.807) is 50.4 Å². The van der Waals surface area contributed by atoms with Gasteiger partial charge in [0.15, 0.2) is 23.9 Å². The van der Waals surface area contributed by atoms with Crippen molar-refractivity contribution in [2.24, 2.45) is 5.10 Å². The average Bonchev–Trinajstić information content (AvgIpc) is 3.45. The van der Waals surface area contributed by atoms with Crippen molar-refractivity contribution in [1.29, 1.82) is 0 Å². The Balaban J connectivity index is 1.62. The molecular formula is C33H31N3O7. The van der Waals surface area contributed by atoms with Crippen LogP contribution in [-0.4, -0.2) is 48.8 Å². The molecule has 43 heavy (non-hydrogen) atoms. The normalized spacial score (nSPS) is 11.2. The van der Waals surface area contributed by atoms with Crippen LogP contribution in [0.4, 0.5) is 0 Å². The number of rotatable bonds is 12. The number of allylic oxidation sites excluding steroid dienone is 1. The van der Waals surface area contributed by atoms with E-state index in [1.165, 1.54) is 10.9 Å². The summed E-state index contributed by atoms with van der Waals surface area (Å²) in [5.74, 6) is 1.55. The molecule has 0 aliphatic rings. The van der Waals surface area contributed by atoms with Crippen molar-refractivity contribution in [2.45, 2.75) is 20.3 Å². The van der Waals surface area contributed by atoms with Gasteiger partial charge in [0.2, 0.25) is 5.82 Å². The summed E-state index contributed by atoms with van der Waals surface area (Å²) in [5, 5.41) is 5.72. The predicted octanol–water partition coefficient (Wildman–Crippen LogP) is 5.77. The van der Waals surface area contributed by atoms with Crippen molar-refractivity contribution < 1.29 is 28.2 Å². The number of ether oxygens (including phenoxy) is 4. The highest BCUT2D eigenvalue weighted by atomic mass is 16.6. The summed E-state index contributed by atoms with van der Waals surface area (Å²) < 4.78 is 29.5. The van der Waals surface area contributed by atoms with Crippen molar-refractivity contribution in [3.8, 4) is 28.8 Å². The maximum Gasteiger partial charge on any atom is 0.344 e. The molecule has 0 spiro atoms. The fraction of sp³-hybridized carbons (Fsp3) is 0.212. The molecule has 0 aliphatic carbocycles. The topological polar surface area (TPSA) is 114 Å². The number of carbonyl (C=O) groups excluding carboxylic acids is 1. The first kappa shape index (κ1) is 29.1. The number of fused-ring (bicyclic) bond motifs is 2. The Morgan fingerprint density at radius 1 is 1.02 bits per heavy atom. The lowest BCUT2D eigenvalue weighted by Gasteiger charge is -2.16. The van der Waals surface area contributed by atoms with Gasteiger partial charge in [-0.3, -0.25) is 4.79 Å². The van der Waals surface area contributed by atoms with Crippen molar-refractivity contribution >= 4 is 34.1 Å². The van der Waals surface area contributed by atoms with Gasteiger partial charge in [-0.05, 0) is 68.3 Å². The van der Waals surface area contributed by atoms with E-state index in [0.29, 0.717) is 58.1 Å². The fourth-order valence-electron chi connectivity index (χ4n) is 4.66. The first-order valence-electron chi connectivity index (χ1n) is 13.8. The second kappa shape index (κ2) is 13.1. The lowest BCUT2D eigenvalue weighted by molar-refractivity contribution is -0.145. The minimum Gasteiger partial charge on any atom is -0.496 e. The number of methoxy groups -OCH3 is 1. The Kier molecular flexibility index (Phi) is 8.85. The van der Waals surface area contributed by atoms with Gasteiger partial charge in [-0.15, -0.1) is 6.58 Å². The molecule has 0 aliphatic heterocycles. The van der Waals surface area contributed by atoms with Crippen LogP contribution in [0.2, 0.25) is 0 Å². The number of benzene rings is 3. The molecule has 2 heterocycles. The summed E-state index contributed by atoms with van der Waals surface area (Å²) in [4.78, 5) is 30.4. The number of hydrogen-bond donors (Lipinski definition) is 0. The molecule has 0 radical (unpaired) electrons. The van der Waals surface area contributed by atoms with Crippen LogP contribution in [-0.2, 0) is 16.0 Å². The Labute approximate surface area is 247 Å². The van der Waals surface area contributed by atoms with Crippen LogP contribution in [0.3, 0.4) is 0 Å². The first-order valence-corrected chi connectivity index (χ1v) is 13.8. The molecular weight excluding hydrogens is 550 g/mol. The van der Waals surface area contributed by atoms with Crippen LogP contribution >= 0.6 is 0 Å². The van der Waals surface area contributed by atoms with E-state index in [4.69, 9.17) is 28.3 Å². The molecule has 0 unspecified atom stereocenters. The summed E-state index contributed by atoms with van der Waals surface area (Å²) in [6.45, 7) is 7.76. The van der Waals surface area contributed by atoms with E-state index < -0.39 is 5.97 Å². The molecule has 0 N–H and O–H groups in total. The molecule has 0 saturated heterocycles. The van der Waals surface area contributed by atoms with Crippen LogP contribution in [0, 0.1) is 0 Å². The minimum atomic E-state index is -0.487. The van der Waals surface area contributed by atoms with E-state index in [-0.39, 0.29) is 24.6 Å². The summed E-state index contributed by atoms with van der Waals surface area (Å²) in [5.41, 5.74) is 2.08. The number of carbonyl (C=O) groups is 1. The van der Waals surface area contributed by atoms with Gasteiger partial charge in [-0.1, -0.05) is 24.3 Å². The zero-order chi connectivity index (χ0) is 30.3. The van der Waals surface area contributed by atoms with E-state index in [9.17, 15) is 9.59 Å². The van der Waals surface area contributed by atoms with Gasteiger partial charge in [0.1, 0.15) is 11.3 Å². The van der Waals surface area contributed by atoms with Gasteiger partial charge in [0.05, 0.1) is 42.8 Å². The Morgan fingerprint density at radius 2 is 1.86 bits per heavy atom. The second-order valence-corrected chi connectivity index (χ2v) is 9.32. The highest BCUT2D eigenvalue weighted by Crippen LogP contribution is 2.35. The molecule has 3 aromatic carbocycles. The monoisotopic (exact) mass is 581 g/mol. The van der Waals surface area contributed by atoms with Crippen LogP contribution in [0.1, 0.15) is 25.0 Å². The molecule has 220 valence electrons. The van der Waals surface area contributed by atoms with Gasteiger partial charge in [0.25, 0.3) is 5.56 Å². The summed E-state index contributed by atoms with van der Waals surface area (Å²) in [6, 6.07) is 17.9. The minimum absolute atomic E-state index is 0.226. The zero-order valence-electron chi connectivity index (χ0n) is 24.2. The molecule has 0 saturated carbocycles. The van der Waals surface area contributed by atoms with Crippen LogP contribution in [0.5, 0.6) is 17.2 Å². The number of nitrogens with zero attached hydrogens (tertiary/aromatic N) is 3. The SMILES string of the molecule is C=CCc1cc(C=Nn2c(-c3cc4c(OC)cccc4o3)nc3ccccc3c2=O)cc(OCC)c1OCC(=O)OCC. The van der Waals surface area contributed by atoms with Gasteiger partial charge >= 0.3 is 5.97 Å². The third-order valence-electron chi connectivity index (χ3n) is 6.50.